The van der Waals surface area contributed by atoms with E-state index < -0.39 is 5.97 Å². The number of carbonyl (C=O) groups is 1. The van der Waals surface area contributed by atoms with Crippen LogP contribution in [0.15, 0.2) is 72.6 Å². The molecule has 0 aliphatic rings. The van der Waals surface area contributed by atoms with Crippen LogP contribution in [-0.4, -0.2) is 24.6 Å². The third-order valence-corrected chi connectivity index (χ3v) is 5.15. The van der Waals surface area contributed by atoms with Gasteiger partial charge in [-0.05, 0) is 34.4 Å². The molecule has 0 saturated carbocycles. The van der Waals surface area contributed by atoms with Crippen molar-refractivity contribution < 1.29 is 19.1 Å². The quantitative estimate of drug-likeness (QED) is 0.0627. The van der Waals surface area contributed by atoms with Gasteiger partial charge >= 0.3 is 5.97 Å². The summed E-state index contributed by atoms with van der Waals surface area (Å²) in [6.07, 6.45) is 7.19. The molecule has 5 nitrogen and oxygen atoms in total. The molecule has 0 unspecified atom stereocenters. The van der Waals surface area contributed by atoms with Gasteiger partial charge in [0.1, 0.15) is 12.2 Å². The van der Waals surface area contributed by atoms with Crippen molar-refractivity contribution in [2.24, 2.45) is 0 Å². The summed E-state index contributed by atoms with van der Waals surface area (Å²) in [5, 5.41) is 0.711. The zero-order valence-corrected chi connectivity index (χ0v) is 19.6. The Kier molecular flexibility index (Phi) is 10.5. The molecule has 158 valence electrons. The van der Waals surface area contributed by atoms with Crippen molar-refractivity contribution in [2.45, 2.75) is 6.61 Å². The molecule has 2 rings (SSSR count). The molecule has 0 saturated heterocycles. The van der Waals surface area contributed by atoms with E-state index in [2.05, 4.69) is 28.1 Å². The van der Waals surface area contributed by atoms with E-state index in [0.717, 1.165) is 21.1 Å². The molecule has 0 aromatic heterocycles. The monoisotopic (exact) mass is 539 g/mol. The minimum absolute atomic E-state index is 0.250. The minimum atomic E-state index is -0.475. The summed E-state index contributed by atoms with van der Waals surface area (Å²) >= 11 is 8.20. The summed E-state index contributed by atoms with van der Waals surface area (Å²) in [7, 11) is 2.82. The normalized spacial score (nSPS) is 12.1. The van der Waals surface area contributed by atoms with Crippen LogP contribution in [0.3, 0.4) is 0 Å². The van der Waals surface area contributed by atoms with E-state index in [1.54, 1.807) is 6.20 Å². The number of ether oxygens (including phenoxy) is 2. The van der Waals surface area contributed by atoms with Crippen LogP contribution in [0.4, 0.5) is 0 Å². The predicted molar refractivity (Wildman–Crippen MR) is 129 cm³/mol. The molecule has 0 fully saturated rings. The smallest absolute Gasteiger partial charge is 0.341 e. The summed E-state index contributed by atoms with van der Waals surface area (Å²) in [6, 6.07) is 15.0. The van der Waals surface area contributed by atoms with E-state index in [-0.39, 0.29) is 6.61 Å². The number of alkyl halides is 1. The molecular weight excluding hydrogens is 517 g/mol. The molecule has 0 spiro atoms. The third-order valence-electron chi connectivity index (χ3n) is 4.02. The summed E-state index contributed by atoms with van der Waals surface area (Å²) < 4.78 is 10.7. The van der Waals surface area contributed by atoms with E-state index in [4.69, 9.17) is 25.9 Å². The van der Waals surface area contributed by atoms with Crippen LogP contribution in [0.5, 0.6) is 0 Å². The van der Waals surface area contributed by atoms with Crippen molar-refractivity contribution in [3.05, 3.63) is 94.4 Å². The number of hydrogen-bond donors (Lipinski definition) is 1. The lowest BCUT2D eigenvalue weighted by Gasteiger charge is -2.12. The number of esters is 1. The maximum Gasteiger partial charge on any atom is 0.341 e. The molecule has 0 aliphatic carbocycles. The van der Waals surface area contributed by atoms with Gasteiger partial charge in [-0.15, -0.1) is 0 Å². The fraction of sp³-hybridized carbons (Fsp3) is 0.174. The zero-order valence-electron chi connectivity index (χ0n) is 16.7. The number of nitrogens with one attached hydrogen (secondary N) is 1. The van der Waals surface area contributed by atoms with Crippen LogP contribution in [0.25, 0.3) is 11.6 Å². The van der Waals surface area contributed by atoms with Crippen molar-refractivity contribution in [2.75, 3.05) is 18.6 Å². The number of halogens is 2. The lowest BCUT2D eigenvalue weighted by atomic mass is 10.0. The topological polar surface area (TPSA) is 56.8 Å². The summed E-state index contributed by atoms with van der Waals surface area (Å²) in [4.78, 5) is 17.7. The van der Waals surface area contributed by atoms with Gasteiger partial charge in [0, 0.05) is 15.7 Å². The fourth-order valence-electron chi connectivity index (χ4n) is 2.50. The van der Waals surface area contributed by atoms with Crippen molar-refractivity contribution in [3.8, 4) is 0 Å². The Morgan fingerprint density at radius 1 is 1.13 bits per heavy atom. The standard InChI is InChI=1S/C23H23ClINO4/c1-28-16-22(23(27)29-2)21-6-4-3-5-19(21)15-30-26-14-18(13-25)8-7-17-9-11-20(24)12-10-17/h3-12,14,16,26H,13,15H2,1-2H3/b8-7+,18-14+,22-16+. The van der Waals surface area contributed by atoms with Crippen LogP contribution < -0.4 is 5.48 Å². The Morgan fingerprint density at radius 3 is 2.53 bits per heavy atom. The van der Waals surface area contributed by atoms with Gasteiger partial charge < -0.3 is 9.47 Å². The highest BCUT2D eigenvalue weighted by Gasteiger charge is 2.16. The SMILES string of the molecule is CO/C=C(/C(=O)OC)c1ccccc1CON/C=C(\C=C\c1ccc(Cl)cc1)CI. The molecule has 1 N–H and O–H groups in total. The minimum Gasteiger partial charge on any atom is -0.503 e. The number of hydroxylamine groups is 1. The Balaban J connectivity index is 2.02. The number of benzene rings is 2. The highest BCUT2D eigenvalue weighted by atomic mass is 127. The van der Waals surface area contributed by atoms with Crippen LogP contribution in [0.1, 0.15) is 16.7 Å². The zero-order chi connectivity index (χ0) is 21.8. The van der Waals surface area contributed by atoms with E-state index in [0.29, 0.717) is 16.2 Å². The first-order chi connectivity index (χ1) is 14.6. The number of methoxy groups -OCH3 is 2. The molecule has 0 aliphatic heterocycles. The first-order valence-electron chi connectivity index (χ1n) is 9.04. The average molecular weight is 540 g/mol. The van der Waals surface area contributed by atoms with Crippen LogP contribution in [-0.2, 0) is 25.7 Å². The van der Waals surface area contributed by atoms with Crippen LogP contribution >= 0.6 is 34.2 Å². The molecule has 0 heterocycles. The highest BCUT2D eigenvalue weighted by Crippen LogP contribution is 2.21. The first-order valence-corrected chi connectivity index (χ1v) is 10.9. The number of rotatable bonds is 10. The maximum atomic E-state index is 12.1. The van der Waals surface area contributed by atoms with Gasteiger partial charge in [0.05, 0.1) is 20.5 Å². The summed E-state index contributed by atoms with van der Waals surface area (Å²) in [6.45, 7) is 0.250. The van der Waals surface area contributed by atoms with Gasteiger partial charge in [-0.25, -0.2) is 4.79 Å². The van der Waals surface area contributed by atoms with E-state index in [1.165, 1.54) is 20.5 Å². The van der Waals surface area contributed by atoms with Gasteiger partial charge in [-0.1, -0.05) is 82.7 Å². The van der Waals surface area contributed by atoms with E-state index in [9.17, 15) is 4.79 Å². The second-order valence-electron chi connectivity index (χ2n) is 6.06. The van der Waals surface area contributed by atoms with Gasteiger partial charge in [0.15, 0.2) is 0 Å². The fourth-order valence-corrected chi connectivity index (χ4v) is 3.10. The maximum absolute atomic E-state index is 12.1. The van der Waals surface area contributed by atoms with Gasteiger partial charge in [0.25, 0.3) is 0 Å². The number of allylic oxidation sites excluding steroid dienone is 2. The van der Waals surface area contributed by atoms with Crippen LogP contribution in [0.2, 0.25) is 5.02 Å². The highest BCUT2D eigenvalue weighted by molar-refractivity contribution is 14.1. The second-order valence-corrected chi connectivity index (χ2v) is 7.26. The molecule has 7 heteroatoms. The van der Waals surface area contributed by atoms with Crippen LogP contribution in [0, 0.1) is 0 Å². The molecule has 0 amide bonds. The average Bonchev–Trinajstić information content (AvgIpc) is 2.78. The number of carbonyl (C=O) groups excluding carboxylic acids is 1. The molecule has 30 heavy (non-hydrogen) atoms. The molecular formula is C23H23ClINO4. The molecule has 0 atom stereocenters. The lowest BCUT2D eigenvalue weighted by molar-refractivity contribution is -0.133. The van der Waals surface area contributed by atoms with Gasteiger partial charge in [-0.2, -0.15) is 0 Å². The van der Waals surface area contributed by atoms with Crippen molar-refractivity contribution >= 4 is 51.8 Å². The first kappa shape index (κ1) is 24.0. The number of hydrogen-bond acceptors (Lipinski definition) is 5. The largest absolute Gasteiger partial charge is 0.503 e. The van der Waals surface area contributed by atoms with Gasteiger partial charge in [0.2, 0.25) is 0 Å². The molecule has 2 aromatic rings. The van der Waals surface area contributed by atoms with E-state index >= 15 is 0 Å². The molecule has 0 bridgehead atoms. The Labute approximate surface area is 195 Å². The summed E-state index contributed by atoms with van der Waals surface area (Å²) in [5.41, 5.74) is 6.81. The summed E-state index contributed by atoms with van der Waals surface area (Å²) in [5.74, 6) is -0.475. The molecule has 0 radical (unpaired) electrons. The van der Waals surface area contributed by atoms with Crippen molar-refractivity contribution in [3.63, 3.8) is 0 Å². The van der Waals surface area contributed by atoms with E-state index in [1.807, 2.05) is 60.7 Å². The Bertz CT molecular complexity index is 923. The Morgan fingerprint density at radius 2 is 1.87 bits per heavy atom. The predicted octanol–water partition coefficient (Wildman–Crippen LogP) is 5.55. The second kappa shape index (κ2) is 13.1. The Hall–Kier alpha value is -2.29. The lowest BCUT2D eigenvalue weighted by Crippen LogP contribution is -2.11. The van der Waals surface area contributed by atoms with Crippen molar-refractivity contribution in [1.82, 2.24) is 5.48 Å². The third kappa shape index (κ3) is 7.51. The van der Waals surface area contributed by atoms with Crippen molar-refractivity contribution in [1.29, 1.82) is 0 Å². The molecule has 2 aromatic carbocycles. The van der Waals surface area contributed by atoms with Gasteiger partial charge in [-0.3, -0.25) is 10.3 Å².